The highest BCUT2D eigenvalue weighted by molar-refractivity contribution is 5.66. The molecule has 3 heteroatoms. The Bertz CT molecular complexity index is 615. The molecule has 0 aromatic carbocycles. The fourth-order valence-corrected chi connectivity index (χ4v) is 8.66. The SMILES string of the molecule is C=CCOC1CCC2(C)C(CCC3C4CCC(CCCC(=O)O)C4(C)CCC32)C1. The van der Waals surface area contributed by atoms with E-state index in [4.69, 9.17) is 9.84 Å². The highest BCUT2D eigenvalue weighted by Gasteiger charge is 2.59. The smallest absolute Gasteiger partial charge is 0.303 e. The van der Waals surface area contributed by atoms with Crippen LogP contribution in [0.15, 0.2) is 12.7 Å². The average Bonchev–Trinajstić information content (AvgIpc) is 3.02. The van der Waals surface area contributed by atoms with Crippen molar-refractivity contribution in [1.82, 2.24) is 0 Å². The number of aliphatic carboxylic acids is 1. The quantitative estimate of drug-likeness (QED) is 0.496. The van der Waals surface area contributed by atoms with Gasteiger partial charge in [-0.15, -0.1) is 6.58 Å². The number of hydrogen-bond donors (Lipinski definition) is 1. The second kappa shape index (κ2) is 8.36. The monoisotopic (exact) mass is 402 g/mol. The second-order valence-electron chi connectivity index (χ2n) is 11.3. The minimum atomic E-state index is -0.632. The summed E-state index contributed by atoms with van der Waals surface area (Å²) in [6.07, 6.45) is 16.8. The molecule has 4 fully saturated rings. The Morgan fingerprint density at radius 3 is 2.59 bits per heavy atom. The molecule has 3 nitrogen and oxygen atoms in total. The van der Waals surface area contributed by atoms with Crippen LogP contribution >= 0.6 is 0 Å². The van der Waals surface area contributed by atoms with E-state index < -0.39 is 5.97 Å². The van der Waals surface area contributed by atoms with Crippen molar-refractivity contribution >= 4 is 5.97 Å². The number of carboxylic acids is 1. The van der Waals surface area contributed by atoms with Gasteiger partial charge in [-0.05, 0) is 111 Å². The van der Waals surface area contributed by atoms with E-state index in [9.17, 15) is 4.79 Å². The highest BCUT2D eigenvalue weighted by atomic mass is 16.5. The number of carbonyl (C=O) groups is 1. The molecule has 0 radical (unpaired) electrons. The molecule has 4 aliphatic carbocycles. The maximum atomic E-state index is 11.0. The van der Waals surface area contributed by atoms with Gasteiger partial charge in [-0.2, -0.15) is 0 Å². The Balaban J connectivity index is 1.43. The third-order valence-corrected chi connectivity index (χ3v) is 10.2. The van der Waals surface area contributed by atoms with Gasteiger partial charge >= 0.3 is 5.97 Å². The highest BCUT2D eigenvalue weighted by Crippen LogP contribution is 2.68. The lowest BCUT2D eigenvalue weighted by Gasteiger charge is -2.61. The van der Waals surface area contributed by atoms with Crippen molar-refractivity contribution in [3.63, 3.8) is 0 Å². The zero-order valence-electron chi connectivity index (χ0n) is 18.7. The lowest BCUT2D eigenvalue weighted by Crippen LogP contribution is -2.54. The molecule has 29 heavy (non-hydrogen) atoms. The minimum absolute atomic E-state index is 0.345. The minimum Gasteiger partial charge on any atom is -0.481 e. The molecule has 4 rings (SSSR count). The summed E-state index contributed by atoms with van der Waals surface area (Å²) < 4.78 is 6.06. The van der Waals surface area contributed by atoms with E-state index in [0.29, 0.717) is 30.0 Å². The maximum Gasteiger partial charge on any atom is 0.303 e. The van der Waals surface area contributed by atoms with E-state index in [2.05, 4.69) is 20.4 Å². The summed E-state index contributed by atoms with van der Waals surface area (Å²) in [5.74, 6) is 3.64. The van der Waals surface area contributed by atoms with Gasteiger partial charge in [0.15, 0.2) is 0 Å². The molecule has 8 unspecified atom stereocenters. The molecule has 0 aromatic heterocycles. The predicted molar refractivity (Wildman–Crippen MR) is 117 cm³/mol. The summed E-state index contributed by atoms with van der Waals surface area (Å²) in [6, 6.07) is 0. The first-order valence-corrected chi connectivity index (χ1v) is 12.3. The molecule has 0 saturated heterocycles. The van der Waals surface area contributed by atoms with Gasteiger partial charge < -0.3 is 9.84 Å². The normalized spacial score (nSPS) is 46.4. The van der Waals surface area contributed by atoms with Crippen LogP contribution < -0.4 is 0 Å². The van der Waals surface area contributed by atoms with Gasteiger partial charge in [-0.3, -0.25) is 4.79 Å². The standard InChI is InChI=1S/C26H42O3/c1-4-16-29-20-12-14-26(3)19(17-20)8-10-21-22-11-9-18(6-5-7-24(27)28)25(22,2)15-13-23(21)26/h4,18-23H,1,5-17H2,2-3H3,(H,27,28). The van der Waals surface area contributed by atoms with Gasteiger partial charge in [-0.25, -0.2) is 0 Å². The van der Waals surface area contributed by atoms with Crippen LogP contribution in [0.25, 0.3) is 0 Å². The Morgan fingerprint density at radius 1 is 1.07 bits per heavy atom. The molecular weight excluding hydrogens is 360 g/mol. The Morgan fingerprint density at radius 2 is 1.83 bits per heavy atom. The van der Waals surface area contributed by atoms with Gasteiger partial charge in [0.2, 0.25) is 0 Å². The second-order valence-corrected chi connectivity index (χ2v) is 11.3. The van der Waals surface area contributed by atoms with E-state index in [1.54, 1.807) is 0 Å². The third kappa shape index (κ3) is 3.82. The molecule has 0 aromatic rings. The molecule has 1 N–H and O–H groups in total. The van der Waals surface area contributed by atoms with Crippen molar-refractivity contribution in [3.05, 3.63) is 12.7 Å². The number of carboxylic acid groups (broad SMARTS) is 1. The fourth-order valence-electron chi connectivity index (χ4n) is 8.66. The fraction of sp³-hybridized carbons (Fsp3) is 0.885. The molecule has 4 aliphatic rings. The molecule has 0 aliphatic heterocycles. The number of rotatable bonds is 7. The summed E-state index contributed by atoms with van der Waals surface area (Å²) in [4.78, 5) is 11.0. The van der Waals surface area contributed by atoms with E-state index in [1.807, 2.05) is 6.08 Å². The summed E-state index contributed by atoms with van der Waals surface area (Å²) in [6.45, 7) is 9.70. The van der Waals surface area contributed by atoms with E-state index in [0.717, 1.165) is 42.4 Å². The Kier molecular flexibility index (Phi) is 6.17. The lowest BCUT2D eigenvalue weighted by molar-refractivity contribution is -0.137. The van der Waals surface area contributed by atoms with Crippen molar-refractivity contribution < 1.29 is 14.6 Å². The van der Waals surface area contributed by atoms with Gasteiger partial charge in [-0.1, -0.05) is 19.9 Å². The Labute approximate surface area is 177 Å². The van der Waals surface area contributed by atoms with Crippen LogP contribution in [0.1, 0.15) is 90.9 Å². The van der Waals surface area contributed by atoms with Crippen LogP contribution in [-0.2, 0) is 9.53 Å². The zero-order valence-corrected chi connectivity index (χ0v) is 18.7. The summed E-state index contributed by atoms with van der Waals surface area (Å²) in [7, 11) is 0. The lowest BCUT2D eigenvalue weighted by atomic mass is 9.44. The largest absolute Gasteiger partial charge is 0.481 e. The summed E-state index contributed by atoms with van der Waals surface area (Å²) in [5, 5.41) is 9.03. The van der Waals surface area contributed by atoms with Crippen LogP contribution in [0, 0.1) is 40.4 Å². The van der Waals surface area contributed by atoms with Crippen LogP contribution in [-0.4, -0.2) is 23.8 Å². The third-order valence-electron chi connectivity index (χ3n) is 10.2. The van der Waals surface area contributed by atoms with Crippen molar-refractivity contribution in [3.8, 4) is 0 Å². The van der Waals surface area contributed by atoms with Crippen molar-refractivity contribution in [2.24, 2.45) is 40.4 Å². The van der Waals surface area contributed by atoms with Crippen LogP contribution in [0.3, 0.4) is 0 Å². The maximum absolute atomic E-state index is 11.0. The van der Waals surface area contributed by atoms with E-state index in [1.165, 1.54) is 57.8 Å². The van der Waals surface area contributed by atoms with Gasteiger partial charge in [0, 0.05) is 6.42 Å². The van der Waals surface area contributed by atoms with Gasteiger partial charge in [0.1, 0.15) is 0 Å². The van der Waals surface area contributed by atoms with Gasteiger partial charge in [0.25, 0.3) is 0 Å². The van der Waals surface area contributed by atoms with Crippen molar-refractivity contribution in [1.29, 1.82) is 0 Å². The molecule has 164 valence electrons. The zero-order chi connectivity index (χ0) is 20.6. The van der Waals surface area contributed by atoms with Crippen LogP contribution in [0.5, 0.6) is 0 Å². The van der Waals surface area contributed by atoms with Crippen molar-refractivity contribution in [2.45, 2.75) is 97.0 Å². The van der Waals surface area contributed by atoms with Crippen LogP contribution in [0.4, 0.5) is 0 Å². The van der Waals surface area contributed by atoms with E-state index >= 15 is 0 Å². The molecule has 0 spiro atoms. The molecule has 0 bridgehead atoms. The average molecular weight is 403 g/mol. The molecule has 0 amide bonds. The number of hydrogen-bond acceptors (Lipinski definition) is 2. The van der Waals surface area contributed by atoms with Gasteiger partial charge in [0.05, 0.1) is 12.7 Å². The molecule has 8 atom stereocenters. The Hall–Kier alpha value is -0.830. The predicted octanol–water partition coefficient (Wildman–Crippen LogP) is 6.47. The molecular formula is C26H42O3. The van der Waals surface area contributed by atoms with Crippen LogP contribution in [0.2, 0.25) is 0 Å². The number of ether oxygens (including phenoxy) is 1. The summed E-state index contributed by atoms with van der Waals surface area (Å²) >= 11 is 0. The van der Waals surface area contributed by atoms with E-state index in [-0.39, 0.29) is 0 Å². The first kappa shape index (κ1) is 21.4. The number of fused-ring (bicyclic) bond motifs is 5. The van der Waals surface area contributed by atoms with Crippen molar-refractivity contribution in [2.75, 3.05) is 6.61 Å². The topological polar surface area (TPSA) is 46.5 Å². The molecule has 0 heterocycles. The first-order valence-electron chi connectivity index (χ1n) is 12.3. The molecule has 4 saturated carbocycles. The summed E-state index contributed by atoms with van der Waals surface area (Å²) in [5.41, 5.74) is 0.979. The first-order chi connectivity index (χ1) is 13.9.